The van der Waals surface area contributed by atoms with Crippen molar-refractivity contribution in [1.29, 1.82) is 0 Å². The number of unbranched alkanes of at least 4 members (excludes halogenated alkanes) is 1. The van der Waals surface area contributed by atoms with Gasteiger partial charge in [0.15, 0.2) is 5.15 Å². The maximum Gasteiger partial charge on any atom is 0.152 e. The maximum absolute atomic E-state index is 6.53. The van der Waals surface area contributed by atoms with Crippen molar-refractivity contribution in [1.82, 2.24) is 9.97 Å². The number of benzene rings is 2. The van der Waals surface area contributed by atoms with Gasteiger partial charge in [0.2, 0.25) is 0 Å². The first-order chi connectivity index (χ1) is 13.3. The van der Waals surface area contributed by atoms with E-state index in [1.54, 1.807) is 0 Å². The minimum Gasteiger partial charge on any atom is -0.343 e. The first kappa shape index (κ1) is 18.1. The average Bonchev–Trinajstić information content (AvgIpc) is 3.31. The molecule has 1 saturated heterocycles. The molecule has 5 heteroatoms. The van der Waals surface area contributed by atoms with E-state index in [2.05, 4.69) is 41.2 Å². The minimum atomic E-state index is -0.0186. The number of hydrogen-bond acceptors (Lipinski definition) is 3. The van der Waals surface area contributed by atoms with Gasteiger partial charge in [-0.1, -0.05) is 73.5 Å². The van der Waals surface area contributed by atoms with Crippen molar-refractivity contribution in [3.8, 4) is 0 Å². The molecule has 2 heterocycles. The van der Waals surface area contributed by atoms with Gasteiger partial charge >= 0.3 is 0 Å². The Balaban J connectivity index is 1.67. The summed E-state index contributed by atoms with van der Waals surface area (Å²) in [6, 6.07) is 20.5. The Morgan fingerprint density at radius 3 is 2.52 bits per heavy atom. The standard InChI is InChI=1S/C22H24ClN3O/c1-2-3-14-20-24-21(22(23)25-20)18-15-19(16-10-6-4-7-11-16)27-26(18)17-12-8-5-9-13-17/h4-13,18-19H,2-3,14-15H2,1H3,(H,24,25). The number of halogens is 1. The first-order valence-electron chi connectivity index (χ1n) is 9.56. The highest BCUT2D eigenvalue weighted by Crippen LogP contribution is 2.45. The summed E-state index contributed by atoms with van der Waals surface area (Å²) in [5.41, 5.74) is 3.12. The number of hydrogen-bond donors (Lipinski definition) is 1. The molecule has 0 bridgehead atoms. The van der Waals surface area contributed by atoms with Crippen molar-refractivity contribution < 1.29 is 4.84 Å². The van der Waals surface area contributed by atoms with Crippen LogP contribution in [0.1, 0.15) is 55.4 Å². The molecule has 0 radical (unpaired) electrons. The number of nitrogens with one attached hydrogen (secondary N) is 1. The number of H-pyrrole nitrogens is 1. The van der Waals surface area contributed by atoms with Crippen molar-refractivity contribution in [3.63, 3.8) is 0 Å². The van der Waals surface area contributed by atoms with Crippen LogP contribution in [0.4, 0.5) is 5.69 Å². The average molecular weight is 382 g/mol. The summed E-state index contributed by atoms with van der Waals surface area (Å²) < 4.78 is 0. The minimum absolute atomic E-state index is 0.00650. The zero-order chi connectivity index (χ0) is 18.6. The second-order valence-corrected chi connectivity index (χ2v) is 7.27. The molecule has 140 valence electrons. The van der Waals surface area contributed by atoms with Crippen LogP contribution in [0.25, 0.3) is 0 Å². The van der Waals surface area contributed by atoms with Crippen molar-refractivity contribution >= 4 is 17.3 Å². The third kappa shape index (κ3) is 3.87. The topological polar surface area (TPSA) is 41.1 Å². The van der Waals surface area contributed by atoms with Crippen molar-refractivity contribution in [2.75, 3.05) is 5.06 Å². The molecule has 4 nitrogen and oxygen atoms in total. The molecule has 1 aliphatic rings. The molecule has 1 N–H and O–H groups in total. The molecule has 2 unspecified atom stereocenters. The monoisotopic (exact) mass is 381 g/mol. The number of imidazole rings is 1. The van der Waals surface area contributed by atoms with Crippen LogP contribution < -0.4 is 5.06 Å². The highest BCUT2D eigenvalue weighted by atomic mass is 35.5. The number of aryl methyl sites for hydroxylation is 1. The molecule has 0 saturated carbocycles. The molecule has 1 aromatic heterocycles. The Morgan fingerprint density at radius 2 is 1.81 bits per heavy atom. The lowest BCUT2D eigenvalue weighted by Gasteiger charge is -2.24. The molecule has 1 fully saturated rings. The van der Waals surface area contributed by atoms with Crippen LogP contribution in [0.3, 0.4) is 0 Å². The van der Waals surface area contributed by atoms with E-state index < -0.39 is 0 Å². The fraction of sp³-hybridized carbons (Fsp3) is 0.318. The fourth-order valence-electron chi connectivity index (χ4n) is 3.56. The molecule has 27 heavy (non-hydrogen) atoms. The number of rotatable bonds is 6. The van der Waals surface area contributed by atoms with Crippen molar-refractivity contribution in [2.24, 2.45) is 0 Å². The third-order valence-electron chi connectivity index (χ3n) is 4.98. The molecule has 0 amide bonds. The molecular formula is C22H24ClN3O. The van der Waals surface area contributed by atoms with Crippen LogP contribution in [0.2, 0.25) is 5.15 Å². The molecule has 2 atom stereocenters. The summed E-state index contributed by atoms with van der Waals surface area (Å²) in [6.45, 7) is 2.18. The zero-order valence-corrected chi connectivity index (χ0v) is 16.2. The summed E-state index contributed by atoms with van der Waals surface area (Å²) in [5, 5.41) is 2.52. The van der Waals surface area contributed by atoms with Crippen LogP contribution in [-0.4, -0.2) is 9.97 Å². The highest BCUT2D eigenvalue weighted by molar-refractivity contribution is 6.30. The molecule has 3 aromatic rings. The number of anilines is 1. The predicted octanol–water partition coefficient (Wildman–Crippen LogP) is 6.03. The number of para-hydroxylation sites is 1. The molecule has 0 spiro atoms. The summed E-state index contributed by atoms with van der Waals surface area (Å²) in [4.78, 5) is 14.4. The number of aromatic nitrogens is 2. The normalized spacial score (nSPS) is 19.6. The molecule has 1 aliphatic heterocycles. The van der Waals surface area contributed by atoms with Crippen LogP contribution in [-0.2, 0) is 11.3 Å². The molecular weight excluding hydrogens is 358 g/mol. The van der Waals surface area contributed by atoms with Gasteiger partial charge in [-0.2, -0.15) is 0 Å². The molecule has 0 aliphatic carbocycles. The van der Waals surface area contributed by atoms with Gasteiger partial charge < -0.3 is 4.98 Å². The Hall–Kier alpha value is -2.30. The van der Waals surface area contributed by atoms with Gasteiger partial charge in [0, 0.05) is 12.8 Å². The van der Waals surface area contributed by atoms with E-state index in [1.807, 2.05) is 41.5 Å². The van der Waals surface area contributed by atoms with Crippen LogP contribution in [0.15, 0.2) is 60.7 Å². The van der Waals surface area contributed by atoms with Gasteiger partial charge in [-0.05, 0) is 24.1 Å². The molecule has 4 rings (SSSR count). The summed E-state index contributed by atoms with van der Waals surface area (Å²) >= 11 is 6.53. The lowest BCUT2D eigenvalue weighted by Crippen LogP contribution is -2.21. The second kappa shape index (κ2) is 8.15. The second-order valence-electron chi connectivity index (χ2n) is 6.91. The summed E-state index contributed by atoms with van der Waals surface area (Å²) in [7, 11) is 0. The van der Waals surface area contributed by atoms with E-state index in [9.17, 15) is 0 Å². The predicted molar refractivity (Wildman–Crippen MR) is 109 cm³/mol. The van der Waals surface area contributed by atoms with Gasteiger partial charge in [0.1, 0.15) is 18.0 Å². The van der Waals surface area contributed by atoms with Gasteiger partial charge in [-0.25, -0.2) is 10.0 Å². The Labute approximate surface area is 165 Å². The van der Waals surface area contributed by atoms with Gasteiger partial charge in [0.05, 0.1) is 11.4 Å². The molecule has 2 aromatic carbocycles. The lowest BCUT2D eigenvalue weighted by molar-refractivity contribution is 0.0835. The number of nitrogens with zero attached hydrogens (tertiary/aromatic N) is 2. The van der Waals surface area contributed by atoms with E-state index in [-0.39, 0.29) is 12.1 Å². The van der Waals surface area contributed by atoms with Gasteiger partial charge in [0.25, 0.3) is 0 Å². The summed E-state index contributed by atoms with van der Waals surface area (Å²) in [5.74, 6) is 0.952. The van der Waals surface area contributed by atoms with E-state index in [4.69, 9.17) is 16.4 Å². The number of aromatic amines is 1. The Bertz CT molecular complexity index is 866. The zero-order valence-electron chi connectivity index (χ0n) is 15.4. The Morgan fingerprint density at radius 1 is 1.11 bits per heavy atom. The van der Waals surface area contributed by atoms with Gasteiger partial charge in [-0.3, -0.25) is 4.84 Å². The van der Waals surface area contributed by atoms with E-state index >= 15 is 0 Å². The van der Waals surface area contributed by atoms with Crippen LogP contribution in [0.5, 0.6) is 0 Å². The van der Waals surface area contributed by atoms with Crippen LogP contribution >= 0.6 is 11.6 Å². The van der Waals surface area contributed by atoms with Crippen molar-refractivity contribution in [2.45, 2.75) is 44.8 Å². The fourth-order valence-corrected chi connectivity index (χ4v) is 3.84. The first-order valence-corrected chi connectivity index (χ1v) is 9.94. The SMILES string of the molecule is CCCCc1nc(Cl)c(C2CC(c3ccccc3)ON2c2ccccc2)[nH]1. The van der Waals surface area contributed by atoms with Crippen molar-refractivity contribution in [3.05, 3.63) is 82.9 Å². The summed E-state index contributed by atoms with van der Waals surface area (Å²) in [6.07, 6.45) is 3.94. The Kier molecular flexibility index (Phi) is 5.46. The largest absolute Gasteiger partial charge is 0.343 e. The van der Waals surface area contributed by atoms with E-state index in [0.717, 1.165) is 42.9 Å². The third-order valence-corrected chi connectivity index (χ3v) is 5.27. The highest BCUT2D eigenvalue weighted by Gasteiger charge is 2.38. The maximum atomic E-state index is 6.53. The van der Waals surface area contributed by atoms with E-state index in [0.29, 0.717) is 5.15 Å². The smallest absolute Gasteiger partial charge is 0.152 e. The van der Waals surface area contributed by atoms with Gasteiger partial charge in [-0.15, -0.1) is 0 Å². The van der Waals surface area contributed by atoms with Crippen LogP contribution in [0, 0.1) is 0 Å². The quantitative estimate of drug-likeness (QED) is 0.566. The number of hydroxylamine groups is 1. The van der Waals surface area contributed by atoms with E-state index in [1.165, 1.54) is 5.56 Å². The lowest BCUT2D eigenvalue weighted by atomic mass is 10.0.